The summed E-state index contributed by atoms with van der Waals surface area (Å²) in [5.41, 5.74) is 8.09. The molecule has 0 aliphatic carbocycles. The lowest BCUT2D eigenvalue weighted by Crippen LogP contribution is -2.23. The maximum atomic E-state index is 12.1. The normalized spacial score (nSPS) is 10.4. The third-order valence-electron chi connectivity index (χ3n) is 2.89. The van der Waals surface area contributed by atoms with Crippen LogP contribution >= 0.6 is 27.3 Å². The van der Waals surface area contributed by atoms with Crippen molar-refractivity contribution in [1.82, 2.24) is 5.32 Å². The Kier molecular flexibility index (Phi) is 4.61. The fourth-order valence-electron chi connectivity index (χ4n) is 1.82. The predicted molar refractivity (Wildman–Crippen MR) is 83.4 cm³/mol. The van der Waals surface area contributed by atoms with E-state index < -0.39 is 0 Å². The predicted octanol–water partition coefficient (Wildman–Crippen LogP) is 3.59. The van der Waals surface area contributed by atoms with Gasteiger partial charge in [0.05, 0.1) is 12.1 Å². The van der Waals surface area contributed by atoms with Gasteiger partial charge in [-0.15, -0.1) is 11.3 Å². The van der Waals surface area contributed by atoms with E-state index in [0.29, 0.717) is 17.8 Å². The zero-order valence-electron chi connectivity index (χ0n) is 10.6. The van der Waals surface area contributed by atoms with E-state index in [-0.39, 0.29) is 5.91 Å². The first-order chi connectivity index (χ1) is 9.11. The van der Waals surface area contributed by atoms with E-state index in [4.69, 9.17) is 5.73 Å². The summed E-state index contributed by atoms with van der Waals surface area (Å²) in [4.78, 5) is 13.3. The number of anilines is 1. The quantitative estimate of drug-likeness (QED) is 0.837. The molecule has 0 radical (unpaired) electrons. The van der Waals surface area contributed by atoms with Gasteiger partial charge in [0.15, 0.2) is 0 Å². The lowest BCUT2D eigenvalue weighted by atomic mass is 10.1. The second-order valence-corrected chi connectivity index (χ2v) is 6.05. The molecule has 0 saturated heterocycles. The molecule has 0 aliphatic heterocycles. The molecule has 0 spiro atoms. The number of carbonyl (C=O) groups excluding carboxylic acids is 1. The molecule has 2 aromatic rings. The molecule has 3 nitrogen and oxygen atoms in total. The molecule has 1 amide bonds. The van der Waals surface area contributed by atoms with E-state index in [1.54, 1.807) is 23.5 Å². The molecule has 0 bridgehead atoms. The number of thiophene rings is 1. The molecule has 1 aromatic heterocycles. The maximum Gasteiger partial charge on any atom is 0.253 e. The molecule has 0 atom stereocenters. The van der Waals surface area contributed by atoms with Crippen molar-refractivity contribution < 1.29 is 4.79 Å². The maximum absolute atomic E-state index is 12.1. The van der Waals surface area contributed by atoms with Gasteiger partial charge in [-0.2, -0.15) is 0 Å². The molecule has 0 saturated carbocycles. The van der Waals surface area contributed by atoms with Crippen molar-refractivity contribution in [3.8, 4) is 0 Å². The second kappa shape index (κ2) is 6.21. The second-order valence-electron chi connectivity index (χ2n) is 4.14. The highest BCUT2D eigenvalue weighted by Crippen LogP contribution is 2.20. The molecule has 3 N–H and O–H groups in total. The van der Waals surface area contributed by atoms with Crippen molar-refractivity contribution in [1.29, 1.82) is 0 Å². The third kappa shape index (κ3) is 3.36. The van der Waals surface area contributed by atoms with Crippen LogP contribution in [-0.4, -0.2) is 5.91 Å². The smallest absolute Gasteiger partial charge is 0.253 e. The van der Waals surface area contributed by atoms with Crippen molar-refractivity contribution in [2.45, 2.75) is 19.9 Å². The number of benzene rings is 1. The van der Waals surface area contributed by atoms with Crippen LogP contribution in [0.4, 0.5) is 5.69 Å². The van der Waals surface area contributed by atoms with Gasteiger partial charge >= 0.3 is 0 Å². The Morgan fingerprint density at radius 2 is 2.21 bits per heavy atom. The minimum absolute atomic E-state index is 0.144. The molecule has 0 aliphatic rings. The first kappa shape index (κ1) is 14.1. The first-order valence-electron chi connectivity index (χ1n) is 6.00. The Morgan fingerprint density at radius 3 is 2.95 bits per heavy atom. The summed E-state index contributed by atoms with van der Waals surface area (Å²) in [5, 5.41) is 4.96. The topological polar surface area (TPSA) is 55.1 Å². The number of hydrogen-bond acceptors (Lipinski definition) is 3. The number of nitrogen functional groups attached to an aromatic ring is 1. The zero-order valence-corrected chi connectivity index (χ0v) is 13.0. The minimum Gasteiger partial charge on any atom is -0.398 e. The summed E-state index contributed by atoms with van der Waals surface area (Å²) in [6, 6.07) is 7.38. The highest BCUT2D eigenvalue weighted by atomic mass is 79.9. The molecule has 1 heterocycles. The van der Waals surface area contributed by atoms with E-state index in [0.717, 1.165) is 10.9 Å². The number of hydrogen-bond donors (Lipinski definition) is 2. The summed E-state index contributed by atoms with van der Waals surface area (Å²) in [7, 11) is 0. The molecule has 5 heteroatoms. The molecule has 0 unspecified atom stereocenters. The number of amides is 1. The van der Waals surface area contributed by atoms with E-state index in [1.165, 1.54) is 10.4 Å². The lowest BCUT2D eigenvalue weighted by Gasteiger charge is -2.08. The van der Waals surface area contributed by atoms with Crippen LogP contribution in [0, 0.1) is 0 Å². The average Bonchev–Trinajstić information content (AvgIpc) is 2.86. The number of aryl methyl sites for hydroxylation is 1. The Hall–Kier alpha value is -1.33. The van der Waals surface area contributed by atoms with Crippen molar-refractivity contribution >= 4 is 38.9 Å². The third-order valence-corrected chi connectivity index (χ3v) is 4.34. The Labute approximate surface area is 125 Å². The van der Waals surface area contributed by atoms with Gasteiger partial charge in [-0.25, -0.2) is 0 Å². The van der Waals surface area contributed by atoms with E-state index in [9.17, 15) is 4.79 Å². The number of carbonyl (C=O) groups is 1. The Morgan fingerprint density at radius 1 is 1.42 bits per heavy atom. The van der Waals surface area contributed by atoms with Gasteiger partial charge in [0.1, 0.15) is 0 Å². The highest BCUT2D eigenvalue weighted by molar-refractivity contribution is 9.10. The van der Waals surface area contributed by atoms with E-state index >= 15 is 0 Å². The Bertz CT molecular complexity index is 595. The van der Waals surface area contributed by atoms with Crippen molar-refractivity contribution in [2.24, 2.45) is 0 Å². The molecular formula is C14H15BrN2OS. The monoisotopic (exact) mass is 338 g/mol. The summed E-state index contributed by atoms with van der Waals surface area (Å²) in [6.45, 7) is 2.66. The fraction of sp³-hybridized carbons (Fsp3) is 0.214. The molecule has 2 rings (SSSR count). The molecule has 1 aromatic carbocycles. The molecule has 100 valence electrons. The summed E-state index contributed by atoms with van der Waals surface area (Å²) < 4.78 is 0.845. The van der Waals surface area contributed by atoms with Gasteiger partial charge in [0.2, 0.25) is 0 Å². The van der Waals surface area contributed by atoms with Crippen LogP contribution in [0.5, 0.6) is 0 Å². The van der Waals surface area contributed by atoms with Crippen LogP contribution < -0.4 is 11.1 Å². The standard InChI is InChI=1S/C14H15BrN2OS/c1-2-9-5-6-19-13(9)8-17-14(18)11-7-10(15)3-4-12(11)16/h3-7H,2,8,16H2,1H3,(H,17,18). The van der Waals surface area contributed by atoms with Crippen LogP contribution in [0.3, 0.4) is 0 Å². The van der Waals surface area contributed by atoms with Crippen LogP contribution in [0.1, 0.15) is 27.7 Å². The number of nitrogens with one attached hydrogen (secondary N) is 1. The SMILES string of the molecule is CCc1ccsc1CNC(=O)c1cc(Br)ccc1N. The number of nitrogens with two attached hydrogens (primary N) is 1. The number of rotatable bonds is 4. The summed E-state index contributed by atoms with van der Waals surface area (Å²) in [5.74, 6) is -0.144. The van der Waals surface area contributed by atoms with Gasteiger partial charge in [0.25, 0.3) is 5.91 Å². The van der Waals surface area contributed by atoms with Crippen molar-refractivity contribution in [2.75, 3.05) is 5.73 Å². The highest BCUT2D eigenvalue weighted by Gasteiger charge is 2.11. The van der Waals surface area contributed by atoms with Crippen LogP contribution in [-0.2, 0) is 13.0 Å². The van der Waals surface area contributed by atoms with Gasteiger partial charge in [-0.1, -0.05) is 22.9 Å². The zero-order chi connectivity index (χ0) is 13.8. The Balaban J connectivity index is 2.07. The molecule has 0 fully saturated rings. The van der Waals surface area contributed by atoms with Gasteiger partial charge < -0.3 is 11.1 Å². The average molecular weight is 339 g/mol. The van der Waals surface area contributed by atoms with E-state index in [1.807, 2.05) is 11.4 Å². The largest absolute Gasteiger partial charge is 0.398 e. The minimum atomic E-state index is -0.144. The van der Waals surface area contributed by atoms with Gasteiger partial charge in [-0.05, 0) is 41.6 Å². The molecular weight excluding hydrogens is 324 g/mol. The summed E-state index contributed by atoms with van der Waals surface area (Å²) in [6.07, 6.45) is 0.980. The van der Waals surface area contributed by atoms with Gasteiger partial charge in [0, 0.05) is 15.0 Å². The lowest BCUT2D eigenvalue weighted by molar-refractivity contribution is 0.0952. The first-order valence-corrected chi connectivity index (χ1v) is 7.67. The van der Waals surface area contributed by atoms with Crippen molar-refractivity contribution in [3.05, 3.63) is 50.1 Å². The fourth-order valence-corrected chi connectivity index (χ4v) is 3.09. The van der Waals surface area contributed by atoms with Crippen LogP contribution in [0.2, 0.25) is 0 Å². The van der Waals surface area contributed by atoms with Crippen LogP contribution in [0.15, 0.2) is 34.1 Å². The molecule has 19 heavy (non-hydrogen) atoms. The van der Waals surface area contributed by atoms with E-state index in [2.05, 4.69) is 34.2 Å². The van der Waals surface area contributed by atoms with Crippen LogP contribution in [0.25, 0.3) is 0 Å². The summed E-state index contributed by atoms with van der Waals surface area (Å²) >= 11 is 5.01. The van der Waals surface area contributed by atoms with Crippen molar-refractivity contribution in [3.63, 3.8) is 0 Å². The van der Waals surface area contributed by atoms with Gasteiger partial charge in [-0.3, -0.25) is 4.79 Å². The number of halogens is 1.